The lowest BCUT2D eigenvalue weighted by Crippen LogP contribution is -2.06. The van der Waals surface area contributed by atoms with E-state index >= 15 is 0 Å². The van der Waals surface area contributed by atoms with Crippen LogP contribution in [0.4, 0.5) is 19.0 Å². The lowest BCUT2D eigenvalue weighted by Gasteiger charge is -2.09. The van der Waals surface area contributed by atoms with E-state index in [0.717, 1.165) is 28.2 Å². The van der Waals surface area contributed by atoms with Crippen molar-refractivity contribution in [1.82, 2.24) is 4.98 Å². The number of aromatic nitrogens is 1. The van der Waals surface area contributed by atoms with Crippen LogP contribution in [0.3, 0.4) is 0 Å². The first-order chi connectivity index (χ1) is 12.4. The Morgan fingerprint density at radius 3 is 2.54 bits per heavy atom. The van der Waals surface area contributed by atoms with E-state index in [1.165, 1.54) is 6.21 Å². The number of methoxy groups -OCH3 is 1. The molecule has 2 aromatic carbocycles. The van der Waals surface area contributed by atoms with Gasteiger partial charge in [0.05, 0.1) is 23.9 Å². The SMILES string of the molecule is COc1ccc(/C=N/Nc2ncc(C(F)(F)F)cc2Cl)c2ccccc12. The fourth-order valence-corrected chi connectivity index (χ4v) is 2.63. The van der Waals surface area contributed by atoms with Crippen molar-refractivity contribution in [2.45, 2.75) is 6.18 Å². The minimum absolute atomic E-state index is 0.0359. The summed E-state index contributed by atoms with van der Waals surface area (Å²) in [5.74, 6) is 0.770. The molecule has 0 bridgehead atoms. The topological polar surface area (TPSA) is 46.5 Å². The van der Waals surface area contributed by atoms with Gasteiger partial charge in [-0.2, -0.15) is 18.3 Å². The minimum Gasteiger partial charge on any atom is -0.496 e. The van der Waals surface area contributed by atoms with Crippen LogP contribution < -0.4 is 10.2 Å². The number of fused-ring (bicyclic) bond motifs is 1. The van der Waals surface area contributed by atoms with Crippen molar-refractivity contribution in [1.29, 1.82) is 0 Å². The van der Waals surface area contributed by atoms with Crippen molar-refractivity contribution in [2.75, 3.05) is 12.5 Å². The number of anilines is 1. The van der Waals surface area contributed by atoms with Crippen LogP contribution in [0.1, 0.15) is 11.1 Å². The van der Waals surface area contributed by atoms with Crippen molar-refractivity contribution in [3.05, 3.63) is 64.8 Å². The van der Waals surface area contributed by atoms with E-state index in [1.54, 1.807) is 7.11 Å². The number of hydrazone groups is 1. The molecule has 3 rings (SSSR count). The van der Waals surface area contributed by atoms with Gasteiger partial charge < -0.3 is 4.74 Å². The zero-order valence-electron chi connectivity index (χ0n) is 13.5. The normalized spacial score (nSPS) is 11.9. The van der Waals surface area contributed by atoms with Crippen LogP contribution >= 0.6 is 11.6 Å². The first-order valence-electron chi connectivity index (χ1n) is 7.47. The zero-order valence-corrected chi connectivity index (χ0v) is 14.3. The van der Waals surface area contributed by atoms with E-state index in [1.807, 2.05) is 36.4 Å². The molecule has 0 saturated carbocycles. The smallest absolute Gasteiger partial charge is 0.417 e. The molecule has 1 aromatic heterocycles. The highest BCUT2D eigenvalue weighted by molar-refractivity contribution is 6.33. The first kappa shape index (κ1) is 18.0. The number of halogens is 4. The Morgan fingerprint density at radius 1 is 1.15 bits per heavy atom. The van der Waals surface area contributed by atoms with Crippen molar-refractivity contribution < 1.29 is 17.9 Å². The number of hydrogen-bond acceptors (Lipinski definition) is 4. The van der Waals surface area contributed by atoms with Gasteiger partial charge in [0.15, 0.2) is 5.82 Å². The Kier molecular flexibility index (Phi) is 4.99. The Balaban J connectivity index is 1.85. The highest BCUT2D eigenvalue weighted by Gasteiger charge is 2.31. The van der Waals surface area contributed by atoms with E-state index in [2.05, 4.69) is 15.5 Å². The standard InChI is InChI=1S/C18H13ClF3N3O/c1-26-16-7-6-11(13-4-2-3-5-14(13)16)9-24-25-17-15(19)8-12(10-23-17)18(20,21)22/h2-10H,1H3,(H,23,25)/b24-9+. The maximum absolute atomic E-state index is 12.6. The largest absolute Gasteiger partial charge is 0.496 e. The number of alkyl halides is 3. The molecule has 0 aliphatic rings. The average molecular weight is 380 g/mol. The van der Waals surface area contributed by atoms with Crippen LogP contribution in [0.2, 0.25) is 5.02 Å². The number of nitrogens with one attached hydrogen (secondary N) is 1. The van der Waals surface area contributed by atoms with Crippen LogP contribution in [-0.2, 0) is 6.18 Å². The summed E-state index contributed by atoms with van der Waals surface area (Å²) in [5.41, 5.74) is 2.45. The third kappa shape index (κ3) is 3.72. The lowest BCUT2D eigenvalue weighted by atomic mass is 10.0. The Morgan fingerprint density at radius 2 is 1.88 bits per heavy atom. The molecule has 26 heavy (non-hydrogen) atoms. The third-order valence-electron chi connectivity index (χ3n) is 3.68. The number of pyridine rings is 1. The van der Waals surface area contributed by atoms with E-state index in [4.69, 9.17) is 16.3 Å². The summed E-state index contributed by atoms with van der Waals surface area (Å²) in [7, 11) is 1.59. The second kappa shape index (κ2) is 7.21. The zero-order chi connectivity index (χ0) is 18.7. The fourth-order valence-electron chi connectivity index (χ4n) is 2.42. The summed E-state index contributed by atoms with van der Waals surface area (Å²) in [6.07, 6.45) is -2.26. The molecule has 0 saturated heterocycles. The maximum Gasteiger partial charge on any atom is 0.417 e. The number of hydrogen-bond donors (Lipinski definition) is 1. The molecule has 0 amide bonds. The molecule has 3 aromatic rings. The average Bonchev–Trinajstić information content (AvgIpc) is 2.62. The van der Waals surface area contributed by atoms with Crippen molar-refractivity contribution in [3.8, 4) is 5.75 Å². The molecule has 0 aliphatic heterocycles. The second-order valence-corrected chi connectivity index (χ2v) is 5.73. The summed E-state index contributed by atoms with van der Waals surface area (Å²) in [4.78, 5) is 3.67. The quantitative estimate of drug-likeness (QED) is 0.490. The van der Waals surface area contributed by atoms with E-state index < -0.39 is 11.7 Å². The molecule has 0 radical (unpaired) electrons. The molecule has 4 nitrogen and oxygen atoms in total. The van der Waals surface area contributed by atoms with Gasteiger partial charge in [-0.15, -0.1) is 0 Å². The van der Waals surface area contributed by atoms with Gasteiger partial charge in [-0.3, -0.25) is 5.43 Å². The first-order valence-corrected chi connectivity index (χ1v) is 7.85. The number of ether oxygens (including phenoxy) is 1. The van der Waals surface area contributed by atoms with Gasteiger partial charge in [-0.25, -0.2) is 4.98 Å². The molecule has 0 aliphatic carbocycles. The minimum atomic E-state index is -4.50. The molecule has 1 heterocycles. The number of benzene rings is 2. The Labute approximate surface area is 152 Å². The highest BCUT2D eigenvalue weighted by atomic mass is 35.5. The second-order valence-electron chi connectivity index (χ2n) is 5.32. The molecular formula is C18H13ClF3N3O. The van der Waals surface area contributed by atoms with Crippen molar-refractivity contribution in [2.24, 2.45) is 5.10 Å². The number of rotatable bonds is 4. The van der Waals surface area contributed by atoms with Crippen LogP contribution in [0.25, 0.3) is 10.8 Å². The highest BCUT2D eigenvalue weighted by Crippen LogP contribution is 2.32. The molecule has 8 heteroatoms. The van der Waals surface area contributed by atoms with Gasteiger partial charge >= 0.3 is 6.18 Å². The van der Waals surface area contributed by atoms with Gasteiger partial charge in [0.25, 0.3) is 0 Å². The molecule has 0 atom stereocenters. The molecular weight excluding hydrogens is 367 g/mol. The van der Waals surface area contributed by atoms with Gasteiger partial charge in [-0.05, 0) is 23.6 Å². The van der Waals surface area contributed by atoms with E-state index in [-0.39, 0.29) is 10.8 Å². The van der Waals surface area contributed by atoms with Crippen LogP contribution in [0.15, 0.2) is 53.8 Å². The molecule has 0 unspecified atom stereocenters. The van der Waals surface area contributed by atoms with Crippen molar-refractivity contribution in [3.63, 3.8) is 0 Å². The van der Waals surface area contributed by atoms with Gasteiger partial charge in [-0.1, -0.05) is 35.9 Å². The number of nitrogens with zero attached hydrogens (tertiary/aromatic N) is 2. The lowest BCUT2D eigenvalue weighted by molar-refractivity contribution is -0.137. The summed E-state index contributed by atoms with van der Waals surface area (Å²) in [5, 5.41) is 5.70. The Hall–Kier alpha value is -2.80. The summed E-state index contributed by atoms with van der Waals surface area (Å²) in [6.45, 7) is 0. The summed E-state index contributed by atoms with van der Waals surface area (Å²) in [6, 6.07) is 12.1. The predicted octanol–water partition coefficient (Wildman–Crippen LogP) is 5.36. The maximum atomic E-state index is 12.6. The van der Waals surface area contributed by atoms with Crippen LogP contribution in [0, 0.1) is 0 Å². The molecule has 0 fully saturated rings. The van der Waals surface area contributed by atoms with Crippen LogP contribution in [0.5, 0.6) is 5.75 Å². The summed E-state index contributed by atoms with van der Waals surface area (Å²) < 4.78 is 43.2. The monoisotopic (exact) mass is 379 g/mol. The van der Waals surface area contributed by atoms with Gasteiger partial charge in [0.2, 0.25) is 0 Å². The van der Waals surface area contributed by atoms with E-state index in [0.29, 0.717) is 6.20 Å². The third-order valence-corrected chi connectivity index (χ3v) is 3.97. The molecule has 134 valence electrons. The fraction of sp³-hybridized carbons (Fsp3) is 0.111. The van der Waals surface area contributed by atoms with Gasteiger partial charge in [0, 0.05) is 17.1 Å². The van der Waals surface area contributed by atoms with Crippen LogP contribution in [-0.4, -0.2) is 18.3 Å². The van der Waals surface area contributed by atoms with Crippen molar-refractivity contribution >= 4 is 34.4 Å². The van der Waals surface area contributed by atoms with E-state index in [9.17, 15) is 13.2 Å². The Bertz CT molecular complexity index is 974. The van der Waals surface area contributed by atoms with Gasteiger partial charge in [0.1, 0.15) is 5.75 Å². The summed E-state index contributed by atoms with van der Waals surface area (Å²) >= 11 is 5.84. The predicted molar refractivity (Wildman–Crippen MR) is 96.0 cm³/mol. The molecule has 0 spiro atoms. The molecule has 1 N–H and O–H groups in total.